The summed E-state index contributed by atoms with van der Waals surface area (Å²) in [5.74, 6) is -2.09. The molecule has 1 fully saturated rings. The Hall–Kier alpha value is -2.70. The van der Waals surface area contributed by atoms with Gasteiger partial charge in [0.2, 0.25) is 0 Å². The van der Waals surface area contributed by atoms with Crippen LogP contribution in [0.4, 0.5) is 0 Å². The Kier molecular flexibility index (Phi) is 7.78. The molecule has 0 amide bonds. The maximum atomic E-state index is 9.10. The van der Waals surface area contributed by atoms with E-state index in [0.29, 0.717) is 0 Å². The molecule has 1 saturated heterocycles. The second kappa shape index (κ2) is 10.9. The molecule has 0 radical (unpaired) electrons. The second-order valence-corrected chi connectivity index (χ2v) is 10.0. The normalized spacial score (nSPS) is 18.8. The van der Waals surface area contributed by atoms with Crippen LogP contribution in [0.25, 0.3) is 10.8 Å². The predicted octanol–water partition coefficient (Wildman–Crippen LogP) is 5.75. The Morgan fingerprint density at radius 2 is 1.67 bits per heavy atom. The van der Waals surface area contributed by atoms with E-state index in [-0.39, 0.29) is 0 Å². The molecule has 1 atom stereocenters. The summed E-state index contributed by atoms with van der Waals surface area (Å²) in [4.78, 5) is 22.6. The van der Waals surface area contributed by atoms with E-state index in [9.17, 15) is 0 Å². The van der Waals surface area contributed by atoms with Gasteiger partial charge in [-0.3, -0.25) is 0 Å². The zero-order chi connectivity index (χ0) is 23.2. The number of fused-ring (bicyclic) bond motifs is 2. The molecule has 174 valence electrons. The molecule has 2 N–H and O–H groups in total. The molecule has 3 aromatic rings. The lowest BCUT2D eigenvalue weighted by molar-refractivity contribution is -0.159. The number of hydrogen-bond donors (Lipinski definition) is 2. The van der Waals surface area contributed by atoms with Crippen molar-refractivity contribution >= 4 is 34.0 Å². The van der Waals surface area contributed by atoms with E-state index in [1.54, 1.807) is 16.0 Å². The largest absolute Gasteiger partial charge is 0.473 e. The van der Waals surface area contributed by atoms with Crippen LogP contribution in [-0.4, -0.2) is 46.7 Å². The van der Waals surface area contributed by atoms with Gasteiger partial charge >= 0.3 is 11.9 Å². The number of thiophene rings is 1. The molecule has 5 rings (SSSR count). The highest BCUT2D eigenvalue weighted by molar-refractivity contribution is 7.10. The molecular weight excluding hydrogens is 434 g/mol. The number of aliphatic carboxylic acids is 2. The van der Waals surface area contributed by atoms with E-state index in [2.05, 4.69) is 58.8 Å². The maximum Gasteiger partial charge on any atom is 0.414 e. The molecule has 0 bridgehead atoms. The van der Waals surface area contributed by atoms with Crippen LogP contribution in [0.3, 0.4) is 0 Å². The van der Waals surface area contributed by atoms with Gasteiger partial charge < -0.3 is 15.1 Å². The first-order chi connectivity index (χ1) is 16.0. The van der Waals surface area contributed by atoms with Crippen LogP contribution in [0.5, 0.6) is 0 Å². The van der Waals surface area contributed by atoms with Gasteiger partial charge in [0, 0.05) is 4.88 Å². The minimum absolute atomic E-state index is 0.740. The van der Waals surface area contributed by atoms with Gasteiger partial charge in [-0.15, -0.1) is 11.3 Å². The molecule has 0 saturated carbocycles. The number of hydrogen-bond acceptors (Lipinski definition) is 4. The van der Waals surface area contributed by atoms with Crippen molar-refractivity contribution in [1.82, 2.24) is 4.90 Å². The quantitative estimate of drug-likeness (QED) is 0.480. The summed E-state index contributed by atoms with van der Waals surface area (Å²) in [6.07, 6.45) is 8.09. The Bertz CT molecular complexity index is 1090. The SMILES string of the molecule is O=C(O)C(=O)O.c1ccc2cc(C3CCN(CCC4CCCc5sccc54)CC3)ccc2c1. The van der Waals surface area contributed by atoms with E-state index >= 15 is 0 Å². The first kappa shape index (κ1) is 23.5. The van der Waals surface area contributed by atoms with Crippen LogP contribution in [0.1, 0.15) is 59.9 Å². The lowest BCUT2D eigenvalue weighted by Gasteiger charge is -2.33. The van der Waals surface area contributed by atoms with Gasteiger partial charge in [-0.2, -0.15) is 0 Å². The number of rotatable bonds is 4. The molecule has 1 aliphatic carbocycles. The fraction of sp³-hybridized carbons (Fsp3) is 0.407. The van der Waals surface area contributed by atoms with Crippen molar-refractivity contribution in [3.8, 4) is 0 Å². The summed E-state index contributed by atoms with van der Waals surface area (Å²) in [6.45, 7) is 3.81. The van der Waals surface area contributed by atoms with E-state index in [4.69, 9.17) is 19.8 Å². The number of benzene rings is 2. The van der Waals surface area contributed by atoms with Crippen LogP contribution >= 0.6 is 11.3 Å². The number of carboxylic acids is 2. The van der Waals surface area contributed by atoms with E-state index in [1.165, 1.54) is 68.9 Å². The molecule has 6 heteroatoms. The molecule has 0 spiro atoms. The fourth-order valence-electron chi connectivity index (χ4n) is 5.17. The van der Waals surface area contributed by atoms with Crippen molar-refractivity contribution in [1.29, 1.82) is 0 Å². The average Bonchev–Trinajstić information content (AvgIpc) is 3.33. The molecule has 1 unspecified atom stereocenters. The molecule has 33 heavy (non-hydrogen) atoms. The zero-order valence-corrected chi connectivity index (χ0v) is 19.6. The van der Waals surface area contributed by atoms with Gasteiger partial charge in [0.25, 0.3) is 0 Å². The Morgan fingerprint density at radius 1 is 0.939 bits per heavy atom. The standard InChI is InChI=1S/C25H29NS.C2H2O4/c1-2-5-22-18-23(9-8-19(22)4-1)20-10-14-26(15-11-20)16-12-21-6-3-7-25-24(21)13-17-27-25;3-1(4)2(5)6/h1-2,4-5,8-9,13,17-18,20-21H,3,6-7,10-12,14-16H2;(H,3,4)(H,5,6). The Morgan fingerprint density at radius 3 is 2.39 bits per heavy atom. The van der Waals surface area contributed by atoms with E-state index < -0.39 is 11.9 Å². The van der Waals surface area contributed by atoms with Crippen molar-refractivity contribution in [2.24, 2.45) is 0 Å². The van der Waals surface area contributed by atoms with Crippen LogP contribution in [0, 0.1) is 0 Å². The highest BCUT2D eigenvalue weighted by Crippen LogP contribution is 2.37. The first-order valence-corrected chi connectivity index (χ1v) is 12.6. The van der Waals surface area contributed by atoms with Crippen molar-refractivity contribution in [3.05, 3.63) is 69.9 Å². The van der Waals surface area contributed by atoms with Gasteiger partial charge in [0.1, 0.15) is 0 Å². The monoisotopic (exact) mass is 465 g/mol. The number of carboxylic acid groups (broad SMARTS) is 2. The van der Waals surface area contributed by atoms with E-state index in [1.807, 2.05) is 11.3 Å². The fourth-order valence-corrected chi connectivity index (χ4v) is 6.18. The van der Waals surface area contributed by atoms with Crippen molar-refractivity contribution < 1.29 is 19.8 Å². The first-order valence-electron chi connectivity index (χ1n) is 11.7. The molecule has 2 aromatic carbocycles. The van der Waals surface area contributed by atoms with E-state index in [0.717, 1.165) is 11.8 Å². The smallest absolute Gasteiger partial charge is 0.414 e. The third-order valence-corrected chi connectivity index (χ3v) is 7.98. The number of aryl methyl sites for hydroxylation is 1. The third kappa shape index (κ3) is 6.01. The summed E-state index contributed by atoms with van der Waals surface area (Å²) in [5.41, 5.74) is 3.22. The lowest BCUT2D eigenvalue weighted by atomic mass is 9.84. The van der Waals surface area contributed by atoms with Gasteiger partial charge in [-0.05, 0) is 103 Å². The maximum absolute atomic E-state index is 9.10. The zero-order valence-electron chi connectivity index (χ0n) is 18.8. The predicted molar refractivity (Wildman–Crippen MR) is 132 cm³/mol. The number of carbonyl (C=O) groups is 2. The highest BCUT2D eigenvalue weighted by atomic mass is 32.1. The van der Waals surface area contributed by atoms with Crippen molar-refractivity contribution in [2.45, 2.75) is 50.4 Å². The highest BCUT2D eigenvalue weighted by Gasteiger charge is 2.24. The molecule has 2 heterocycles. The van der Waals surface area contributed by atoms with Crippen LogP contribution < -0.4 is 0 Å². The van der Waals surface area contributed by atoms with Gasteiger partial charge in [-0.1, -0.05) is 42.5 Å². The Balaban J connectivity index is 0.000000385. The summed E-state index contributed by atoms with van der Waals surface area (Å²) in [5, 5.41) is 19.8. The van der Waals surface area contributed by atoms with Crippen molar-refractivity contribution in [3.63, 3.8) is 0 Å². The second-order valence-electron chi connectivity index (χ2n) is 9.01. The minimum Gasteiger partial charge on any atom is -0.473 e. The summed E-state index contributed by atoms with van der Waals surface area (Å²) in [7, 11) is 0. The number of nitrogens with zero attached hydrogens (tertiary/aromatic N) is 1. The topological polar surface area (TPSA) is 77.8 Å². The van der Waals surface area contributed by atoms with Crippen LogP contribution in [-0.2, 0) is 16.0 Å². The molecule has 1 aliphatic heterocycles. The minimum atomic E-state index is -1.82. The lowest BCUT2D eigenvalue weighted by Crippen LogP contribution is -2.34. The average molecular weight is 466 g/mol. The molecule has 1 aromatic heterocycles. The van der Waals surface area contributed by atoms with Crippen LogP contribution in [0.2, 0.25) is 0 Å². The van der Waals surface area contributed by atoms with Gasteiger partial charge in [0.15, 0.2) is 0 Å². The van der Waals surface area contributed by atoms with Crippen molar-refractivity contribution in [2.75, 3.05) is 19.6 Å². The molecule has 2 aliphatic rings. The molecular formula is C27H31NO4S. The molecule has 5 nitrogen and oxygen atoms in total. The third-order valence-electron chi connectivity index (χ3n) is 6.99. The summed E-state index contributed by atoms with van der Waals surface area (Å²) >= 11 is 1.98. The van der Waals surface area contributed by atoms with Gasteiger partial charge in [0.05, 0.1) is 0 Å². The van der Waals surface area contributed by atoms with Crippen LogP contribution in [0.15, 0.2) is 53.9 Å². The summed E-state index contributed by atoms with van der Waals surface area (Å²) < 4.78 is 0. The van der Waals surface area contributed by atoms with Gasteiger partial charge in [-0.25, -0.2) is 9.59 Å². The number of likely N-dealkylation sites (tertiary alicyclic amines) is 1. The summed E-state index contributed by atoms with van der Waals surface area (Å²) in [6, 6.07) is 18.2. The Labute approximate surface area is 198 Å². The number of piperidine rings is 1.